The molecule has 2 aromatic carbocycles. The van der Waals surface area contributed by atoms with Crippen LogP contribution in [0.1, 0.15) is 33.2 Å². The van der Waals surface area contributed by atoms with E-state index in [1.165, 1.54) is 0 Å². The lowest BCUT2D eigenvalue weighted by Gasteiger charge is -2.07. The minimum absolute atomic E-state index is 0.170. The van der Waals surface area contributed by atoms with Gasteiger partial charge in [0.05, 0.1) is 5.57 Å². The fourth-order valence-corrected chi connectivity index (χ4v) is 2.52. The number of benzene rings is 2. The molecule has 1 N–H and O–H groups in total. The maximum Gasteiger partial charge on any atom is 0.195 e. The van der Waals surface area contributed by atoms with Crippen LogP contribution in [0.5, 0.6) is 0 Å². The Hall–Kier alpha value is -2.26. The van der Waals surface area contributed by atoms with Gasteiger partial charge in [-0.25, -0.2) is 4.39 Å². The van der Waals surface area contributed by atoms with Gasteiger partial charge in [-0.1, -0.05) is 48.0 Å². The van der Waals surface area contributed by atoms with E-state index >= 15 is 0 Å². The Bertz CT molecular complexity index is 731. The SMILES string of the molecule is Cc1cccc(/C(F)=C2\C(=O)c3ccccc3C2O)c1. The molecule has 100 valence electrons. The predicted octanol–water partition coefficient (Wildman–Crippen LogP) is 3.61. The number of rotatable bonds is 1. The number of aliphatic hydroxyl groups excluding tert-OH is 1. The average Bonchev–Trinajstić information content (AvgIpc) is 2.71. The van der Waals surface area contributed by atoms with E-state index in [1.54, 1.807) is 42.5 Å². The van der Waals surface area contributed by atoms with Crippen molar-refractivity contribution in [1.82, 2.24) is 0 Å². The van der Waals surface area contributed by atoms with Crippen LogP contribution in [0.4, 0.5) is 4.39 Å². The summed E-state index contributed by atoms with van der Waals surface area (Å²) in [5.41, 5.74) is 1.89. The maximum atomic E-state index is 14.6. The molecule has 1 aliphatic carbocycles. The second-order valence-electron chi connectivity index (χ2n) is 4.92. The van der Waals surface area contributed by atoms with Gasteiger partial charge in [-0.2, -0.15) is 0 Å². The molecule has 0 aromatic heterocycles. The number of carbonyl (C=O) groups is 1. The van der Waals surface area contributed by atoms with Gasteiger partial charge >= 0.3 is 0 Å². The molecule has 0 amide bonds. The molecule has 0 heterocycles. The summed E-state index contributed by atoms with van der Waals surface area (Å²) in [5.74, 6) is -1.09. The molecular formula is C17H13FO2. The number of hydrogen-bond donors (Lipinski definition) is 1. The van der Waals surface area contributed by atoms with Crippen LogP contribution in [0.2, 0.25) is 0 Å². The van der Waals surface area contributed by atoms with Crippen molar-refractivity contribution in [3.05, 3.63) is 76.4 Å². The van der Waals surface area contributed by atoms with Gasteiger partial charge in [0.2, 0.25) is 0 Å². The monoisotopic (exact) mass is 268 g/mol. The Kier molecular flexibility index (Phi) is 2.99. The van der Waals surface area contributed by atoms with Gasteiger partial charge < -0.3 is 5.11 Å². The van der Waals surface area contributed by atoms with E-state index in [4.69, 9.17) is 0 Å². The highest BCUT2D eigenvalue weighted by Gasteiger charge is 2.36. The minimum atomic E-state index is -1.20. The van der Waals surface area contributed by atoms with Crippen molar-refractivity contribution >= 4 is 11.6 Å². The summed E-state index contributed by atoms with van der Waals surface area (Å²) in [6.45, 7) is 1.85. The molecule has 0 spiro atoms. The van der Waals surface area contributed by atoms with Crippen molar-refractivity contribution < 1.29 is 14.3 Å². The average molecular weight is 268 g/mol. The highest BCUT2D eigenvalue weighted by molar-refractivity contribution is 6.17. The lowest BCUT2D eigenvalue weighted by Crippen LogP contribution is -2.02. The van der Waals surface area contributed by atoms with E-state index in [1.807, 2.05) is 13.0 Å². The summed E-state index contributed by atoms with van der Waals surface area (Å²) in [5, 5.41) is 10.2. The molecular weight excluding hydrogens is 255 g/mol. The molecule has 1 atom stereocenters. The van der Waals surface area contributed by atoms with Crippen molar-refractivity contribution in [3.8, 4) is 0 Å². The number of ketones is 1. The number of halogens is 1. The largest absolute Gasteiger partial charge is 0.383 e. The fourth-order valence-electron chi connectivity index (χ4n) is 2.52. The lowest BCUT2D eigenvalue weighted by atomic mass is 10.0. The van der Waals surface area contributed by atoms with Crippen molar-refractivity contribution in [1.29, 1.82) is 0 Å². The molecule has 3 heteroatoms. The lowest BCUT2D eigenvalue weighted by molar-refractivity contribution is 0.101. The summed E-state index contributed by atoms with van der Waals surface area (Å²) in [6.07, 6.45) is -1.20. The zero-order valence-electron chi connectivity index (χ0n) is 10.9. The van der Waals surface area contributed by atoms with Crippen molar-refractivity contribution in [2.75, 3.05) is 0 Å². The third-order valence-corrected chi connectivity index (χ3v) is 3.53. The number of hydrogen-bond acceptors (Lipinski definition) is 2. The first-order valence-electron chi connectivity index (χ1n) is 6.38. The maximum absolute atomic E-state index is 14.6. The second-order valence-corrected chi connectivity index (χ2v) is 4.92. The summed E-state index contributed by atoms with van der Waals surface area (Å²) >= 11 is 0. The summed E-state index contributed by atoms with van der Waals surface area (Å²) in [4.78, 5) is 12.2. The van der Waals surface area contributed by atoms with Gasteiger partial charge in [0.15, 0.2) is 5.78 Å². The van der Waals surface area contributed by atoms with Crippen LogP contribution in [-0.2, 0) is 0 Å². The highest BCUT2D eigenvalue weighted by Crippen LogP contribution is 2.40. The van der Waals surface area contributed by atoms with Gasteiger partial charge in [0.25, 0.3) is 0 Å². The first-order chi connectivity index (χ1) is 9.59. The van der Waals surface area contributed by atoms with Crippen LogP contribution in [0, 0.1) is 6.92 Å². The molecule has 2 nitrogen and oxygen atoms in total. The van der Waals surface area contributed by atoms with Crippen LogP contribution in [0.25, 0.3) is 5.83 Å². The zero-order chi connectivity index (χ0) is 14.3. The number of aryl methyl sites for hydroxylation is 1. The van der Waals surface area contributed by atoms with Crippen molar-refractivity contribution in [3.63, 3.8) is 0 Å². The minimum Gasteiger partial charge on any atom is -0.383 e. The molecule has 2 aromatic rings. The van der Waals surface area contributed by atoms with Crippen molar-refractivity contribution in [2.24, 2.45) is 0 Å². The molecule has 1 unspecified atom stereocenters. The van der Waals surface area contributed by atoms with E-state index < -0.39 is 17.7 Å². The summed E-state index contributed by atoms with van der Waals surface area (Å²) in [7, 11) is 0. The van der Waals surface area contributed by atoms with Crippen LogP contribution >= 0.6 is 0 Å². The van der Waals surface area contributed by atoms with Crippen LogP contribution in [-0.4, -0.2) is 10.9 Å². The van der Waals surface area contributed by atoms with E-state index in [-0.39, 0.29) is 5.57 Å². The molecule has 3 rings (SSSR count). The van der Waals surface area contributed by atoms with Crippen LogP contribution in [0.15, 0.2) is 54.1 Å². The molecule has 0 fully saturated rings. The molecule has 1 aliphatic rings. The molecule has 0 bridgehead atoms. The number of carbonyl (C=O) groups excluding carboxylic acids is 1. The number of fused-ring (bicyclic) bond motifs is 1. The number of aliphatic hydroxyl groups is 1. The molecule has 20 heavy (non-hydrogen) atoms. The predicted molar refractivity (Wildman–Crippen MR) is 74.9 cm³/mol. The Morgan fingerprint density at radius 3 is 2.60 bits per heavy atom. The summed E-state index contributed by atoms with van der Waals surface area (Å²) in [6, 6.07) is 13.5. The van der Waals surface area contributed by atoms with E-state index in [2.05, 4.69) is 0 Å². The van der Waals surface area contributed by atoms with Gasteiger partial charge in [-0.3, -0.25) is 4.79 Å². The standard InChI is InChI=1S/C17H13FO2/c1-10-5-4-6-11(9-10)15(18)14-16(19)12-7-2-3-8-13(12)17(14)20/h2-9,16,19H,1H3/b15-14+. The quantitative estimate of drug-likeness (QED) is 0.802. The topological polar surface area (TPSA) is 37.3 Å². The Morgan fingerprint density at radius 1 is 1.15 bits per heavy atom. The Labute approximate surface area is 116 Å². The van der Waals surface area contributed by atoms with Crippen molar-refractivity contribution in [2.45, 2.75) is 13.0 Å². The van der Waals surface area contributed by atoms with Crippen LogP contribution in [0.3, 0.4) is 0 Å². The Morgan fingerprint density at radius 2 is 1.90 bits per heavy atom. The third-order valence-electron chi connectivity index (χ3n) is 3.53. The van der Waals surface area contributed by atoms with Gasteiger partial charge in [0, 0.05) is 11.1 Å². The van der Waals surface area contributed by atoms with E-state index in [0.717, 1.165) is 5.56 Å². The van der Waals surface area contributed by atoms with Gasteiger partial charge in [-0.15, -0.1) is 0 Å². The molecule has 0 radical (unpaired) electrons. The highest BCUT2D eigenvalue weighted by atomic mass is 19.1. The zero-order valence-corrected chi connectivity index (χ0v) is 10.9. The Balaban J connectivity index is 2.16. The molecule has 0 aliphatic heterocycles. The smallest absolute Gasteiger partial charge is 0.195 e. The normalized spacial score (nSPS) is 19.9. The van der Waals surface area contributed by atoms with E-state index in [0.29, 0.717) is 16.7 Å². The fraction of sp³-hybridized carbons (Fsp3) is 0.118. The van der Waals surface area contributed by atoms with Gasteiger partial charge in [-0.05, 0) is 18.6 Å². The molecule has 0 saturated carbocycles. The third kappa shape index (κ3) is 1.87. The van der Waals surface area contributed by atoms with Crippen LogP contribution < -0.4 is 0 Å². The summed E-state index contributed by atoms with van der Waals surface area (Å²) < 4.78 is 14.6. The first kappa shape index (κ1) is 12.8. The number of Topliss-reactive ketones (excluding diaryl/α,β-unsaturated/α-hetero) is 1. The van der Waals surface area contributed by atoms with E-state index in [9.17, 15) is 14.3 Å². The van der Waals surface area contributed by atoms with Gasteiger partial charge in [0.1, 0.15) is 11.9 Å². The molecule has 0 saturated heterocycles. The first-order valence-corrected chi connectivity index (χ1v) is 6.38. The second kappa shape index (κ2) is 4.69.